The van der Waals surface area contributed by atoms with Crippen molar-refractivity contribution in [1.82, 2.24) is 0 Å². The minimum atomic E-state index is -3.57. The van der Waals surface area contributed by atoms with E-state index in [9.17, 15) is 8.42 Å². The van der Waals surface area contributed by atoms with E-state index in [0.29, 0.717) is 0 Å². The van der Waals surface area contributed by atoms with Crippen LogP contribution >= 0.6 is 0 Å². The van der Waals surface area contributed by atoms with Crippen molar-refractivity contribution in [2.45, 2.75) is 88.9 Å². The molecule has 0 fully saturated rings. The number of hydrogen-bond donors (Lipinski definition) is 0. The van der Waals surface area contributed by atoms with Gasteiger partial charge in [-0.05, 0) is 18.6 Å². The van der Waals surface area contributed by atoms with E-state index < -0.39 is 10.1 Å². The minimum Gasteiger partial charge on any atom is -0.266 e. The van der Waals surface area contributed by atoms with Crippen molar-refractivity contribution in [3.8, 4) is 0 Å². The van der Waals surface area contributed by atoms with Gasteiger partial charge in [0.25, 0.3) is 10.1 Å². The first-order valence-corrected chi connectivity index (χ1v) is 11.0. The number of unbranched alkanes of at least 4 members (excludes halogenated alkanes) is 11. The summed E-state index contributed by atoms with van der Waals surface area (Å²) in [7, 11) is -3.57. The van der Waals surface area contributed by atoms with E-state index in [2.05, 4.69) is 6.92 Å². The minimum absolute atomic E-state index is 0. The Bertz CT molecular complexity index is 503. The van der Waals surface area contributed by atoms with Gasteiger partial charge in [0.15, 0.2) is 0 Å². The molecule has 2 radical (unpaired) electrons. The molecular formula is C20H34CaO3S. The van der Waals surface area contributed by atoms with Crippen LogP contribution in [-0.4, -0.2) is 52.8 Å². The summed E-state index contributed by atoms with van der Waals surface area (Å²) in [5.41, 5.74) is 0. The second-order valence-electron chi connectivity index (χ2n) is 6.48. The average Bonchev–Trinajstić information content (AvgIpc) is 2.60. The van der Waals surface area contributed by atoms with Gasteiger partial charge in [0.05, 0.1) is 11.5 Å². The van der Waals surface area contributed by atoms with E-state index >= 15 is 0 Å². The smallest absolute Gasteiger partial charge is 0.266 e. The van der Waals surface area contributed by atoms with Gasteiger partial charge in [-0.25, -0.2) is 0 Å². The zero-order valence-electron chi connectivity index (χ0n) is 15.9. The van der Waals surface area contributed by atoms with Crippen LogP contribution in [0.2, 0.25) is 0 Å². The van der Waals surface area contributed by atoms with Gasteiger partial charge < -0.3 is 0 Å². The first kappa shape index (κ1) is 25.4. The average molecular weight is 395 g/mol. The maximum atomic E-state index is 11.9. The second kappa shape index (κ2) is 16.6. The topological polar surface area (TPSA) is 43.4 Å². The summed E-state index contributed by atoms with van der Waals surface area (Å²) >= 11 is 0. The molecule has 0 amide bonds. The van der Waals surface area contributed by atoms with E-state index in [1.54, 1.807) is 30.3 Å². The molecule has 0 saturated heterocycles. The van der Waals surface area contributed by atoms with Crippen molar-refractivity contribution < 1.29 is 12.6 Å². The molecule has 0 atom stereocenters. The Morgan fingerprint density at radius 2 is 1.16 bits per heavy atom. The third kappa shape index (κ3) is 13.2. The molecular weight excluding hydrogens is 360 g/mol. The molecule has 3 nitrogen and oxygen atoms in total. The molecule has 0 N–H and O–H groups in total. The number of benzene rings is 1. The Kier molecular flexibility index (Phi) is 16.8. The van der Waals surface area contributed by atoms with Crippen LogP contribution in [0.25, 0.3) is 0 Å². The predicted octanol–water partition coefficient (Wildman–Crippen LogP) is 5.71. The molecule has 0 aliphatic carbocycles. The SMILES string of the molecule is CCCCCCCCCCCCCCOS(=O)(=O)c1ccccc1.[Ca]. The fraction of sp³-hybridized carbons (Fsp3) is 0.700. The van der Waals surface area contributed by atoms with Crippen LogP contribution in [0.1, 0.15) is 84.0 Å². The molecule has 1 rings (SSSR count). The van der Waals surface area contributed by atoms with Crippen molar-refractivity contribution in [2.75, 3.05) is 6.61 Å². The maximum absolute atomic E-state index is 11.9. The summed E-state index contributed by atoms with van der Waals surface area (Å²) < 4.78 is 28.9. The first-order valence-electron chi connectivity index (χ1n) is 9.61. The summed E-state index contributed by atoms with van der Waals surface area (Å²) in [6.45, 7) is 2.54. The van der Waals surface area contributed by atoms with Gasteiger partial charge in [0.1, 0.15) is 0 Å². The Morgan fingerprint density at radius 3 is 1.64 bits per heavy atom. The summed E-state index contributed by atoms with van der Waals surface area (Å²) in [6.07, 6.45) is 15.1. The molecule has 25 heavy (non-hydrogen) atoms. The zero-order valence-corrected chi connectivity index (χ0v) is 18.9. The van der Waals surface area contributed by atoms with E-state index in [-0.39, 0.29) is 49.2 Å². The van der Waals surface area contributed by atoms with Crippen LogP contribution in [0.4, 0.5) is 0 Å². The normalized spacial score (nSPS) is 11.2. The quantitative estimate of drug-likeness (QED) is 0.217. The molecule has 0 aliphatic heterocycles. The third-order valence-electron chi connectivity index (χ3n) is 4.27. The molecule has 0 unspecified atom stereocenters. The van der Waals surface area contributed by atoms with Crippen LogP contribution in [0.15, 0.2) is 35.2 Å². The Balaban J connectivity index is 0.00000576. The van der Waals surface area contributed by atoms with E-state index in [4.69, 9.17) is 4.18 Å². The van der Waals surface area contributed by atoms with Crippen molar-refractivity contribution >= 4 is 47.9 Å². The van der Waals surface area contributed by atoms with Crippen molar-refractivity contribution in [3.63, 3.8) is 0 Å². The fourth-order valence-electron chi connectivity index (χ4n) is 2.77. The van der Waals surface area contributed by atoms with Crippen molar-refractivity contribution in [1.29, 1.82) is 0 Å². The van der Waals surface area contributed by atoms with Gasteiger partial charge >= 0.3 is 0 Å². The molecule has 0 aliphatic rings. The molecule has 0 heterocycles. The summed E-state index contributed by atoms with van der Waals surface area (Å²) in [4.78, 5) is 0.240. The number of rotatable bonds is 15. The van der Waals surface area contributed by atoms with Crippen molar-refractivity contribution in [3.05, 3.63) is 30.3 Å². The Labute approximate surface area is 185 Å². The molecule has 0 spiro atoms. The summed E-state index contributed by atoms with van der Waals surface area (Å²) in [5.74, 6) is 0. The van der Waals surface area contributed by atoms with Gasteiger partial charge in [-0.1, -0.05) is 95.8 Å². The van der Waals surface area contributed by atoms with Gasteiger partial charge in [0.2, 0.25) is 0 Å². The maximum Gasteiger partial charge on any atom is 0.296 e. The summed E-state index contributed by atoms with van der Waals surface area (Å²) in [6, 6.07) is 8.35. The largest absolute Gasteiger partial charge is 0.296 e. The van der Waals surface area contributed by atoms with Crippen LogP contribution in [0.3, 0.4) is 0 Å². The molecule has 5 heteroatoms. The first-order chi connectivity index (χ1) is 11.7. The monoisotopic (exact) mass is 394 g/mol. The zero-order chi connectivity index (χ0) is 17.5. The van der Waals surface area contributed by atoms with Gasteiger partial charge in [-0.2, -0.15) is 8.42 Å². The van der Waals surface area contributed by atoms with Crippen LogP contribution < -0.4 is 0 Å². The molecule has 1 aromatic carbocycles. The number of hydrogen-bond acceptors (Lipinski definition) is 3. The molecule has 0 bridgehead atoms. The van der Waals surface area contributed by atoms with Gasteiger partial charge in [0, 0.05) is 37.7 Å². The van der Waals surface area contributed by atoms with E-state index in [1.807, 2.05) is 0 Å². The third-order valence-corrected chi connectivity index (χ3v) is 5.59. The molecule has 0 saturated carbocycles. The van der Waals surface area contributed by atoms with E-state index in [1.165, 1.54) is 64.2 Å². The molecule has 1 aromatic rings. The Morgan fingerprint density at radius 1 is 0.720 bits per heavy atom. The van der Waals surface area contributed by atoms with E-state index in [0.717, 1.165) is 12.8 Å². The standard InChI is InChI=1S/C20H34O3S.Ca/c1-2-3-4-5-6-7-8-9-10-11-12-16-19-23-24(21,22)20-17-14-13-15-18-20;/h13-15,17-18H,2-12,16,19H2,1H3;. The van der Waals surface area contributed by atoms with Crippen LogP contribution in [-0.2, 0) is 14.3 Å². The van der Waals surface area contributed by atoms with Gasteiger partial charge in [-0.15, -0.1) is 0 Å². The molecule has 0 aromatic heterocycles. The van der Waals surface area contributed by atoms with Crippen molar-refractivity contribution in [2.24, 2.45) is 0 Å². The van der Waals surface area contributed by atoms with Gasteiger partial charge in [-0.3, -0.25) is 4.18 Å². The predicted molar refractivity (Wildman–Crippen MR) is 106 cm³/mol. The van der Waals surface area contributed by atoms with Crippen LogP contribution in [0.5, 0.6) is 0 Å². The fourth-order valence-corrected chi connectivity index (χ4v) is 3.73. The molecule has 140 valence electrons. The second-order valence-corrected chi connectivity index (χ2v) is 8.09. The van der Waals surface area contributed by atoms with Crippen LogP contribution in [0, 0.1) is 0 Å². The Hall–Kier alpha value is 0.390. The summed E-state index contributed by atoms with van der Waals surface area (Å²) in [5, 5.41) is 0.